The molecule has 0 saturated carbocycles. The minimum atomic E-state index is -0.803. The van der Waals surface area contributed by atoms with Crippen molar-refractivity contribution in [3.63, 3.8) is 0 Å². The van der Waals surface area contributed by atoms with Crippen LogP contribution in [0.25, 0.3) is 0 Å². The summed E-state index contributed by atoms with van der Waals surface area (Å²) in [5, 5.41) is 8.62. The Balaban J connectivity index is 2.60. The number of likely N-dealkylation sites (N-methyl/N-ethyl adjacent to an activating group) is 1. The lowest BCUT2D eigenvalue weighted by Crippen LogP contribution is -2.43. The number of anilines is 1. The van der Waals surface area contributed by atoms with E-state index < -0.39 is 5.97 Å². The van der Waals surface area contributed by atoms with E-state index in [1.807, 2.05) is 56.1 Å². The van der Waals surface area contributed by atoms with E-state index in [4.69, 9.17) is 5.11 Å². The summed E-state index contributed by atoms with van der Waals surface area (Å²) in [6, 6.07) is 9.66. The zero-order chi connectivity index (χ0) is 15.8. The van der Waals surface area contributed by atoms with Gasteiger partial charge in [-0.05, 0) is 46.0 Å². The van der Waals surface area contributed by atoms with Crippen LogP contribution >= 0.6 is 0 Å². The number of nitrogens with zero attached hydrogens (tertiary/aromatic N) is 2. The van der Waals surface area contributed by atoms with E-state index in [0.29, 0.717) is 13.0 Å². The molecule has 5 nitrogen and oxygen atoms in total. The Labute approximate surface area is 126 Å². The molecule has 1 aromatic carbocycles. The summed E-state index contributed by atoms with van der Waals surface area (Å²) in [7, 11) is 1.84. The lowest BCUT2D eigenvalue weighted by molar-refractivity contribution is -0.137. The van der Waals surface area contributed by atoms with Crippen molar-refractivity contribution in [3.8, 4) is 0 Å². The summed E-state index contributed by atoms with van der Waals surface area (Å²) in [6.45, 7) is 4.84. The van der Waals surface area contributed by atoms with E-state index in [9.17, 15) is 9.59 Å². The average Bonchev–Trinajstić information content (AvgIpc) is 2.38. The maximum Gasteiger partial charge on any atom is 0.303 e. The number of hydrogen-bond donors (Lipinski definition) is 1. The van der Waals surface area contributed by atoms with Crippen LogP contribution in [-0.2, 0) is 9.59 Å². The number of amides is 1. The number of carbonyl (C=O) groups is 2. The summed E-state index contributed by atoms with van der Waals surface area (Å²) < 4.78 is 0. The lowest BCUT2D eigenvalue weighted by Gasteiger charge is -2.29. The van der Waals surface area contributed by atoms with Gasteiger partial charge in [0.25, 0.3) is 0 Å². The standard InChI is InChI=1S/C16H24N2O3/c1-13(2)18(14-8-5-4-6-9-14)15(19)12-17(3)11-7-10-16(20)21/h4-6,8-9,13H,7,10-12H2,1-3H3,(H,20,21). The van der Waals surface area contributed by atoms with E-state index in [-0.39, 0.29) is 24.9 Å². The zero-order valence-electron chi connectivity index (χ0n) is 13.0. The number of carbonyl (C=O) groups excluding carboxylic acids is 1. The van der Waals surface area contributed by atoms with Crippen LogP contribution in [0.3, 0.4) is 0 Å². The second kappa shape index (κ2) is 8.42. The average molecular weight is 292 g/mol. The Morgan fingerprint density at radius 1 is 1.19 bits per heavy atom. The predicted molar refractivity (Wildman–Crippen MR) is 83.4 cm³/mol. The maximum atomic E-state index is 12.5. The molecular formula is C16H24N2O3. The number of carboxylic acids is 1. The van der Waals surface area contributed by atoms with Crippen molar-refractivity contribution in [2.45, 2.75) is 32.7 Å². The van der Waals surface area contributed by atoms with Gasteiger partial charge in [0.2, 0.25) is 5.91 Å². The smallest absolute Gasteiger partial charge is 0.303 e. The zero-order valence-corrected chi connectivity index (χ0v) is 13.0. The molecule has 0 aliphatic carbocycles. The Bertz CT molecular complexity index is 460. The molecule has 1 amide bonds. The first kappa shape index (κ1) is 17.2. The van der Waals surface area contributed by atoms with Gasteiger partial charge >= 0.3 is 5.97 Å². The molecule has 0 aliphatic heterocycles. The lowest BCUT2D eigenvalue weighted by atomic mass is 10.2. The molecule has 0 bridgehead atoms. The number of benzene rings is 1. The van der Waals surface area contributed by atoms with E-state index in [1.54, 1.807) is 4.90 Å². The van der Waals surface area contributed by atoms with Crippen molar-refractivity contribution in [1.82, 2.24) is 4.90 Å². The molecule has 0 unspecified atom stereocenters. The first-order valence-electron chi connectivity index (χ1n) is 7.19. The van der Waals surface area contributed by atoms with Crippen LogP contribution in [0.2, 0.25) is 0 Å². The number of para-hydroxylation sites is 1. The maximum absolute atomic E-state index is 12.5. The second-order valence-electron chi connectivity index (χ2n) is 5.43. The van der Waals surface area contributed by atoms with Gasteiger partial charge in [0, 0.05) is 18.2 Å². The third kappa shape index (κ3) is 5.95. The van der Waals surface area contributed by atoms with Gasteiger partial charge in [0.15, 0.2) is 0 Å². The van der Waals surface area contributed by atoms with Crippen LogP contribution in [-0.4, -0.2) is 48.1 Å². The van der Waals surface area contributed by atoms with Crippen molar-refractivity contribution in [2.24, 2.45) is 0 Å². The Kier molecular flexibility index (Phi) is 6.88. The normalized spacial score (nSPS) is 10.9. The molecule has 116 valence electrons. The number of hydrogen-bond acceptors (Lipinski definition) is 3. The fourth-order valence-electron chi connectivity index (χ4n) is 2.21. The first-order valence-corrected chi connectivity index (χ1v) is 7.19. The molecule has 1 rings (SSSR count). The van der Waals surface area contributed by atoms with Gasteiger partial charge < -0.3 is 10.0 Å². The van der Waals surface area contributed by atoms with Crippen LogP contribution in [0.5, 0.6) is 0 Å². The largest absolute Gasteiger partial charge is 0.481 e. The highest BCUT2D eigenvalue weighted by atomic mass is 16.4. The van der Waals surface area contributed by atoms with Crippen LogP contribution in [0, 0.1) is 0 Å². The number of aliphatic carboxylic acids is 1. The molecule has 1 aromatic rings. The molecule has 0 aromatic heterocycles. The van der Waals surface area contributed by atoms with E-state index >= 15 is 0 Å². The Morgan fingerprint density at radius 3 is 2.33 bits per heavy atom. The fourth-order valence-corrected chi connectivity index (χ4v) is 2.21. The Hall–Kier alpha value is -1.88. The van der Waals surface area contributed by atoms with Crippen LogP contribution in [0.15, 0.2) is 30.3 Å². The predicted octanol–water partition coefficient (Wildman–Crippen LogP) is 2.22. The van der Waals surface area contributed by atoms with Crippen molar-refractivity contribution in [2.75, 3.05) is 25.0 Å². The molecule has 21 heavy (non-hydrogen) atoms. The molecule has 0 aliphatic rings. The molecule has 1 N–H and O–H groups in total. The number of carboxylic acid groups (broad SMARTS) is 1. The third-order valence-electron chi connectivity index (χ3n) is 3.16. The molecule has 5 heteroatoms. The van der Waals surface area contributed by atoms with Gasteiger partial charge in [0.1, 0.15) is 0 Å². The summed E-state index contributed by atoms with van der Waals surface area (Å²) in [5.74, 6) is -0.781. The van der Waals surface area contributed by atoms with Crippen LogP contribution in [0.4, 0.5) is 5.69 Å². The fraction of sp³-hybridized carbons (Fsp3) is 0.500. The van der Waals surface area contributed by atoms with Crippen LogP contribution < -0.4 is 4.90 Å². The quantitative estimate of drug-likeness (QED) is 0.798. The molecule has 0 fully saturated rings. The van der Waals surface area contributed by atoms with Gasteiger partial charge in [-0.1, -0.05) is 18.2 Å². The van der Waals surface area contributed by atoms with Gasteiger partial charge in [-0.15, -0.1) is 0 Å². The van der Waals surface area contributed by atoms with Gasteiger partial charge in [0.05, 0.1) is 6.54 Å². The molecule has 0 heterocycles. The molecular weight excluding hydrogens is 268 g/mol. The summed E-state index contributed by atoms with van der Waals surface area (Å²) in [5.41, 5.74) is 0.886. The molecule has 0 saturated heterocycles. The van der Waals surface area contributed by atoms with Gasteiger partial charge in [-0.3, -0.25) is 14.5 Å². The molecule has 0 radical (unpaired) electrons. The Morgan fingerprint density at radius 2 is 1.81 bits per heavy atom. The third-order valence-corrected chi connectivity index (χ3v) is 3.16. The number of rotatable bonds is 8. The molecule has 0 spiro atoms. The van der Waals surface area contributed by atoms with Gasteiger partial charge in [-0.2, -0.15) is 0 Å². The van der Waals surface area contributed by atoms with E-state index in [1.165, 1.54) is 0 Å². The highest BCUT2D eigenvalue weighted by Crippen LogP contribution is 2.16. The monoisotopic (exact) mass is 292 g/mol. The molecule has 0 atom stereocenters. The minimum absolute atomic E-state index is 0.0222. The highest BCUT2D eigenvalue weighted by molar-refractivity contribution is 5.95. The van der Waals surface area contributed by atoms with Crippen molar-refractivity contribution in [1.29, 1.82) is 0 Å². The first-order chi connectivity index (χ1) is 9.91. The second-order valence-corrected chi connectivity index (χ2v) is 5.43. The summed E-state index contributed by atoms with van der Waals surface area (Å²) in [4.78, 5) is 26.6. The minimum Gasteiger partial charge on any atom is -0.481 e. The topological polar surface area (TPSA) is 60.9 Å². The van der Waals surface area contributed by atoms with Gasteiger partial charge in [-0.25, -0.2) is 0 Å². The van der Waals surface area contributed by atoms with Crippen LogP contribution in [0.1, 0.15) is 26.7 Å². The van der Waals surface area contributed by atoms with Crippen molar-refractivity contribution < 1.29 is 14.7 Å². The van der Waals surface area contributed by atoms with E-state index in [0.717, 1.165) is 5.69 Å². The highest BCUT2D eigenvalue weighted by Gasteiger charge is 2.20. The summed E-state index contributed by atoms with van der Waals surface area (Å²) >= 11 is 0. The SMILES string of the molecule is CC(C)N(C(=O)CN(C)CCCC(=O)O)c1ccccc1. The van der Waals surface area contributed by atoms with Crippen molar-refractivity contribution >= 4 is 17.6 Å². The van der Waals surface area contributed by atoms with Crippen molar-refractivity contribution in [3.05, 3.63) is 30.3 Å². The van der Waals surface area contributed by atoms with E-state index in [2.05, 4.69) is 0 Å². The summed E-state index contributed by atoms with van der Waals surface area (Å²) in [6.07, 6.45) is 0.678.